The lowest BCUT2D eigenvalue weighted by molar-refractivity contribution is 0.668. The molecule has 7 aromatic carbocycles. The molecule has 7 heteroatoms. The van der Waals surface area contributed by atoms with Crippen molar-refractivity contribution >= 4 is 75.4 Å². The van der Waals surface area contributed by atoms with Crippen molar-refractivity contribution in [3.63, 3.8) is 0 Å². The van der Waals surface area contributed by atoms with Crippen LogP contribution in [-0.4, -0.2) is 19.9 Å². The molecule has 0 spiro atoms. The highest BCUT2D eigenvalue weighted by molar-refractivity contribution is 7.26. The van der Waals surface area contributed by atoms with E-state index in [4.69, 9.17) is 23.8 Å². The minimum absolute atomic E-state index is 0.516. The van der Waals surface area contributed by atoms with Crippen molar-refractivity contribution in [2.24, 2.45) is 0 Å². The molecule has 0 atom stereocenters. The molecule has 5 aromatic heterocycles. The number of hydrogen-bond acceptors (Lipinski definition) is 7. The quantitative estimate of drug-likeness (QED) is 0.174. The molecular weight excluding hydrogens is 721 g/mol. The van der Waals surface area contributed by atoms with Crippen molar-refractivity contribution < 1.29 is 8.83 Å². The summed E-state index contributed by atoms with van der Waals surface area (Å²) in [5.74, 6) is 1.60. The van der Waals surface area contributed by atoms with E-state index >= 15 is 0 Å². The fraction of sp³-hybridized carbons (Fsp3) is 0. The van der Waals surface area contributed by atoms with Crippen LogP contribution in [0.25, 0.3) is 120 Å². The molecule has 0 aliphatic heterocycles. The second kappa shape index (κ2) is 12.5. The third kappa shape index (κ3) is 5.10. The Bertz CT molecular complexity index is 3550. The largest absolute Gasteiger partial charge is 0.456 e. The van der Waals surface area contributed by atoms with Crippen LogP contribution in [0.15, 0.2) is 179 Å². The monoisotopic (exact) mass is 748 g/mol. The van der Waals surface area contributed by atoms with Gasteiger partial charge in [0.05, 0.1) is 5.56 Å². The van der Waals surface area contributed by atoms with Crippen LogP contribution in [-0.2, 0) is 0 Å². The topological polar surface area (TPSA) is 77.8 Å². The van der Waals surface area contributed by atoms with Gasteiger partial charge in [0.25, 0.3) is 0 Å². The smallest absolute Gasteiger partial charge is 0.167 e. The highest BCUT2D eigenvalue weighted by Crippen LogP contribution is 2.46. The van der Waals surface area contributed by atoms with E-state index in [2.05, 4.69) is 108 Å². The van der Waals surface area contributed by atoms with Gasteiger partial charge in [0.1, 0.15) is 22.3 Å². The second-order valence-electron chi connectivity index (χ2n) is 14.2. The van der Waals surface area contributed by atoms with Gasteiger partial charge in [-0.05, 0) is 59.7 Å². The van der Waals surface area contributed by atoms with Crippen molar-refractivity contribution in [2.45, 2.75) is 0 Å². The molecule has 0 saturated carbocycles. The molecule has 0 N–H and O–H groups in total. The van der Waals surface area contributed by atoms with E-state index in [1.165, 1.54) is 25.7 Å². The van der Waals surface area contributed by atoms with Gasteiger partial charge >= 0.3 is 0 Å². The fourth-order valence-electron chi connectivity index (χ4n) is 8.18. The standard InChI is InChI=1S/C50H28N4O2S/c1-4-18-41-33(13-1)34-22-21-31(27-43(34)55-41)49-52-48(30-11-7-10-29(26-30)32-12-9-25-51-28-32)53-50(54-49)40-24-23-36(45-39-15-2-5-19-42(39)56-46(40)45)38-17-8-16-37-35-14-3-6-20-44(35)57-47(37)38/h1-28H. The van der Waals surface area contributed by atoms with Crippen LogP contribution in [0.5, 0.6) is 0 Å². The molecule has 12 rings (SSSR count). The van der Waals surface area contributed by atoms with Crippen molar-refractivity contribution in [3.8, 4) is 56.4 Å². The summed E-state index contributed by atoms with van der Waals surface area (Å²) in [4.78, 5) is 19.9. The number of para-hydroxylation sites is 2. The van der Waals surface area contributed by atoms with Crippen LogP contribution >= 0.6 is 11.3 Å². The first-order valence-corrected chi connectivity index (χ1v) is 19.6. The molecule has 0 amide bonds. The molecule has 0 fully saturated rings. The Morgan fingerprint density at radius 2 is 1.07 bits per heavy atom. The summed E-state index contributed by atoms with van der Waals surface area (Å²) in [7, 11) is 0. The number of pyridine rings is 1. The predicted octanol–water partition coefficient (Wildman–Crippen LogP) is 13.8. The zero-order valence-corrected chi connectivity index (χ0v) is 31.0. The molecule has 5 heterocycles. The fourth-order valence-corrected chi connectivity index (χ4v) is 9.41. The molecule has 0 unspecified atom stereocenters. The first-order valence-electron chi connectivity index (χ1n) is 18.8. The molecule has 0 bridgehead atoms. The van der Waals surface area contributed by atoms with E-state index in [9.17, 15) is 0 Å². The first kappa shape index (κ1) is 31.8. The third-order valence-electron chi connectivity index (χ3n) is 10.8. The minimum atomic E-state index is 0.516. The highest BCUT2D eigenvalue weighted by atomic mass is 32.1. The zero-order valence-electron chi connectivity index (χ0n) is 30.2. The number of nitrogens with zero attached hydrogens (tertiary/aromatic N) is 4. The Balaban J connectivity index is 1.10. The van der Waals surface area contributed by atoms with Crippen LogP contribution in [0.2, 0.25) is 0 Å². The molecule has 0 aliphatic rings. The molecule has 57 heavy (non-hydrogen) atoms. The van der Waals surface area contributed by atoms with Crippen LogP contribution in [0.1, 0.15) is 0 Å². The van der Waals surface area contributed by atoms with Crippen molar-refractivity contribution in [1.82, 2.24) is 19.9 Å². The van der Waals surface area contributed by atoms with Crippen LogP contribution in [0.4, 0.5) is 0 Å². The number of thiophene rings is 1. The molecule has 12 aromatic rings. The molecule has 0 radical (unpaired) electrons. The summed E-state index contributed by atoms with van der Waals surface area (Å²) in [6.07, 6.45) is 3.65. The molecule has 0 saturated heterocycles. The Morgan fingerprint density at radius 1 is 0.404 bits per heavy atom. The molecule has 6 nitrogen and oxygen atoms in total. The van der Waals surface area contributed by atoms with Gasteiger partial charge in [0.2, 0.25) is 0 Å². The number of benzene rings is 7. The lowest BCUT2D eigenvalue weighted by Crippen LogP contribution is -2.00. The summed E-state index contributed by atoms with van der Waals surface area (Å²) >= 11 is 1.83. The number of aromatic nitrogens is 4. The maximum Gasteiger partial charge on any atom is 0.167 e. The van der Waals surface area contributed by atoms with E-state index < -0.39 is 0 Å². The van der Waals surface area contributed by atoms with Gasteiger partial charge in [-0.15, -0.1) is 11.3 Å². The maximum absolute atomic E-state index is 6.81. The highest BCUT2D eigenvalue weighted by Gasteiger charge is 2.23. The Kier molecular flexibility index (Phi) is 7.00. The normalized spacial score (nSPS) is 11.9. The van der Waals surface area contributed by atoms with Crippen LogP contribution in [0, 0.1) is 0 Å². The lowest BCUT2D eigenvalue weighted by Gasteiger charge is -2.11. The van der Waals surface area contributed by atoms with Crippen molar-refractivity contribution in [3.05, 3.63) is 170 Å². The van der Waals surface area contributed by atoms with E-state index in [1.54, 1.807) is 6.20 Å². The summed E-state index contributed by atoms with van der Waals surface area (Å²) in [6.45, 7) is 0. The average Bonchev–Trinajstić information content (AvgIpc) is 3.98. The van der Waals surface area contributed by atoms with E-state index in [0.717, 1.165) is 77.3 Å². The predicted molar refractivity (Wildman–Crippen MR) is 232 cm³/mol. The molecule has 266 valence electrons. The van der Waals surface area contributed by atoms with Gasteiger partial charge in [-0.3, -0.25) is 4.98 Å². The van der Waals surface area contributed by atoms with Gasteiger partial charge in [0.15, 0.2) is 17.5 Å². The molecular formula is C50H28N4O2S. The number of fused-ring (bicyclic) bond motifs is 9. The van der Waals surface area contributed by atoms with Crippen molar-refractivity contribution in [2.75, 3.05) is 0 Å². The minimum Gasteiger partial charge on any atom is -0.456 e. The van der Waals surface area contributed by atoms with E-state index in [0.29, 0.717) is 17.5 Å². The van der Waals surface area contributed by atoms with E-state index in [1.807, 2.05) is 72.1 Å². The lowest BCUT2D eigenvalue weighted by atomic mass is 9.95. The van der Waals surface area contributed by atoms with Crippen molar-refractivity contribution in [1.29, 1.82) is 0 Å². The van der Waals surface area contributed by atoms with Crippen LogP contribution in [0.3, 0.4) is 0 Å². The summed E-state index contributed by atoms with van der Waals surface area (Å²) in [5, 5.41) is 6.70. The Morgan fingerprint density at radius 3 is 1.93 bits per heavy atom. The van der Waals surface area contributed by atoms with Gasteiger partial charge in [-0.25, -0.2) is 15.0 Å². The summed E-state index contributed by atoms with van der Waals surface area (Å²) in [5.41, 5.74) is 9.92. The third-order valence-corrected chi connectivity index (χ3v) is 12.1. The SMILES string of the molecule is c1cncc(-c2cccc(-c3nc(-c4ccc5c(c4)oc4ccccc45)nc(-c4ccc(-c5cccc6c5sc5ccccc56)c5c4oc4ccccc45)n3)c2)c1. The van der Waals surface area contributed by atoms with Gasteiger partial charge < -0.3 is 8.83 Å². The van der Waals surface area contributed by atoms with Gasteiger partial charge in [-0.1, -0.05) is 109 Å². The zero-order chi connectivity index (χ0) is 37.5. The maximum atomic E-state index is 6.81. The Labute approximate surface area is 329 Å². The number of hydrogen-bond donors (Lipinski definition) is 0. The first-order chi connectivity index (χ1) is 28.2. The van der Waals surface area contributed by atoms with Crippen LogP contribution < -0.4 is 0 Å². The molecule has 0 aliphatic carbocycles. The number of furan rings is 2. The summed E-state index contributed by atoms with van der Waals surface area (Å²) in [6, 6.07) is 54.3. The van der Waals surface area contributed by atoms with Gasteiger partial charge in [-0.2, -0.15) is 0 Å². The van der Waals surface area contributed by atoms with Gasteiger partial charge in [0, 0.05) is 76.4 Å². The second-order valence-corrected chi connectivity index (χ2v) is 15.2. The average molecular weight is 749 g/mol. The van der Waals surface area contributed by atoms with E-state index in [-0.39, 0.29) is 0 Å². The summed E-state index contributed by atoms with van der Waals surface area (Å²) < 4.78 is 15.6. The Hall–Kier alpha value is -7.48. The number of rotatable bonds is 5.